The van der Waals surface area contributed by atoms with Crippen LogP contribution in [0.4, 0.5) is 0 Å². The number of hydrazone groups is 1. The van der Waals surface area contributed by atoms with E-state index in [0.717, 1.165) is 23.5 Å². The van der Waals surface area contributed by atoms with Crippen molar-refractivity contribution in [1.82, 2.24) is 5.43 Å². The fourth-order valence-electron chi connectivity index (χ4n) is 3.00. The number of rotatable bonds is 11. The van der Waals surface area contributed by atoms with Gasteiger partial charge in [-0.2, -0.15) is 5.10 Å². The maximum absolute atomic E-state index is 12.0. The summed E-state index contributed by atoms with van der Waals surface area (Å²) in [7, 11) is 0. The quantitative estimate of drug-likeness (QED) is 0.255. The van der Waals surface area contributed by atoms with Crippen molar-refractivity contribution in [3.05, 3.63) is 51.7 Å². The fraction of sp³-hybridized carbons (Fsp3) is 0.520. The number of hydrogen-bond donors (Lipinski definition) is 1. The average Bonchev–Trinajstić information content (AvgIpc) is 3.24. The van der Waals surface area contributed by atoms with Crippen LogP contribution in [0.25, 0.3) is 0 Å². The second-order valence-electron chi connectivity index (χ2n) is 8.95. The largest absolute Gasteiger partial charge is 0.493 e. The van der Waals surface area contributed by atoms with Gasteiger partial charge in [0, 0.05) is 16.9 Å². The Kier molecular flexibility index (Phi) is 8.65. The van der Waals surface area contributed by atoms with Crippen LogP contribution in [0.3, 0.4) is 0 Å². The molecule has 0 saturated carbocycles. The predicted octanol–water partition coefficient (Wildman–Crippen LogP) is 6.43. The van der Waals surface area contributed by atoms with E-state index in [4.69, 9.17) is 4.74 Å². The molecule has 0 spiro atoms. The van der Waals surface area contributed by atoms with Crippen molar-refractivity contribution in [3.63, 3.8) is 0 Å². The monoisotopic (exact) mass is 428 g/mol. The van der Waals surface area contributed by atoms with Crippen LogP contribution in [-0.4, -0.2) is 18.7 Å². The van der Waals surface area contributed by atoms with Gasteiger partial charge in [0.15, 0.2) is 0 Å². The molecular formula is C25H36N2O2S. The van der Waals surface area contributed by atoms with Gasteiger partial charge in [-0.1, -0.05) is 59.7 Å². The van der Waals surface area contributed by atoms with Crippen LogP contribution in [0.15, 0.2) is 40.8 Å². The molecule has 0 atom stereocenters. The van der Waals surface area contributed by atoms with Gasteiger partial charge in [-0.05, 0) is 53.2 Å². The molecule has 0 aliphatic carbocycles. The van der Waals surface area contributed by atoms with E-state index in [1.807, 2.05) is 17.5 Å². The molecule has 0 aliphatic heterocycles. The van der Waals surface area contributed by atoms with Gasteiger partial charge in [0.2, 0.25) is 5.91 Å². The van der Waals surface area contributed by atoms with Crippen LogP contribution in [0.5, 0.6) is 5.75 Å². The van der Waals surface area contributed by atoms with Crippen LogP contribution in [0.1, 0.15) is 83.2 Å². The number of nitrogens with one attached hydrogen (secondary N) is 1. The van der Waals surface area contributed by atoms with Crippen molar-refractivity contribution in [1.29, 1.82) is 0 Å². The summed E-state index contributed by atoms with van der Waals surface area (Å²) >= 11 is 1.58. The second kappa shape index (κ2) is 10.8. The Balaban J connectivity index is 1.94. The zero-order valence-electron chi connectivity index (χ0n) is 19.2. The van der Waals surface area contributed by atoms with E-state index in [2.05, 4.69) is 70.3 Å². The number of benzene rings is 1. The maximum atomic E-state index is 12.0. The van der Waals surface area contributed by atoms with Crippen LogP contribution in [-0.2, 0) is 15.6 Å². The SMILES string of the molecule is CCC(C)(C)c1ccc(OCCCC(=O)N/N=C\c2cccs2)c(C(C)(C)CC)c1. The highest BCUT2D eigenvalue weighted by Crippen LogP contribution is 2.38. The van der Waals surface area contributed by atoms with Crippen molar-refractivity contribution < 1.29 is 9.53 Å². The van der Waals surface area contributed by atoms with Gasteiger partial charge in [-0.15, -0.1) is 11.3 Å². The Labute approximate surface area is 185 Å². The Morgan fingerprint density at radius 3 is 2.50 bits per heavy atom. The average molecular weight is 429 g/mol. The Bertz CT molecular complexity index is 839. The first-order valence-electron chi connectivity index (χ1n) is 10.8. The van der Waals surface area contributed by atoms with E-state index in [1.54, 1.807) is 17.6 Å². The van der Waals surface area contributed by atoms with Gasteiger partial charge >= 0.3 is 0 Å². The predicted molar refractivity (Wildman–Crippen MR) is 128 cm³/mol. The second-order valence-corrected chi connectivity index (χ2v) is 9.93. The molecule has 1 aromatic heterocycles. The van der Waals surface area contributed by atoms with Crippen molar-refractivity contribution in [2.24, 2.45) is 5.10 Å². The fourth-order valence-corrected chi connectivity index (χ4v) is 3.59. The molecule has 0 unspecified atom stereocenters. The third-order valence-electron chi connectivity index (χ3n) is 5.99. The smallest absolute Gasteiger partial charge is 0.240 e. The number of amides is 1. The molecule has 4 nitrogen and oxygen atoms in total. The molecule has 1 heterocycles. The molecule has 2 rings (SSSR count). The number of carbonyl (C=O) groups is 1. The summed E-state index contributed by atoms with van der Waals surface area (Å²) in [4.78, 5) is 13.0. The molecule has 0 bridgehead atoms. The lowest BCUT2D eigenvalue weighted by atomic mass is 9.76. The standard InChI is InChI=1S/C25H36N2O2S/c1-7-24(3,4)19-13-14-22(21(17-19)25(5,6)8-2)29-15-9-12-23(28)27-26-18-20-11-10-16-30-20/h10-11,13-14,16-18H,7-9,12,15H2,1-6H3,(H,27,28)/b26-18-. The molecule has 5 heteroatoms. The maximum Gasteiger partial charge on any atom is 0.240 e. The summed E-state index contributed by atoms with van der Waals surface area (Å²) in [5.41, 5.74) is 5.33. The number of carbonyl (C=O) groups excluding carboxylic acids is 1. The minimum Gasteiger partial charge on any atom is -0.493 e. The number of ether oxygens (including phenoxy) is 1. The molecule has 1 aromatic carbocycles. The van der Waals surface area contributed by atoms with Gasteiger partial charge in [0.25, 0.3) is 0 Å². The third-order valence-corrected chi connectivity index (χ3v) is 6.79. The first-order chi connectivity index (χ1) is 14.2. The van der Waals surface area contributed by atoms with Crippen LogP contribution < -0.4 is 10.2 Å². The van der Waals surface area contributed by atoms with Crippen LogP contribution >= 0.6 is 11.3 Å². The first-order valence-corrected chi connectivity index (χ1v) is 11.7. The summed E-state index contributed by atoms with van der Waals surface area (Å²) in [6, 6.07) is 10.5. The Morgan fingerprint density at radius 1 is 1.13 bits per heavy atom. The van der Waals surface area contributed by atoms with Crippen molar-refractivity contribution in [2.45, 2.75) is 78.1 Å². The van der Waals surface area contributed by atoms with Gasteiger partial charge in [-0.3, -0.25) is 4.79 Å². The van der Waals surface area contributed by atoms with E-state index >= 15 is 0 Å². The van der Waals surface area contributed by atoms with Crippen LogP contribution in [0, 0.1) is 0 Å². The number of nitrogens with zero attached hydrogens (tertiary/aromatic N) is 1. The topological polar surface area (TPSA) is 50.7 Å². The van der Waals surface area contributed by atoms with Gasteiger partial charge in [0.05, 0.1) is 12.8 Å². The summed E-state index contributed by atoms with van der Waals surface area (Å²) in [6.45, 7) is 14.0. The third kappa shape index (κ3) is 6.69. The van der Waals surface area contributed by atoms with E-state index < -0.39 is 0 Å². The zero-order chi connectivity index (χ0) is 22.2. The van der Waals surface area contributed by atoms with Crippen molar-refractivity contribution in [3.8, 4) is 5.75 Å². The molecule has 0 fully saturated rings. The van der Waals surface area contributed by atoms with Gasteiger partial charge in [-0.25, -0.2) is 5.43 Å². The van der Waals surface area contributed by atoms with E-state index in [-0.39, 0.29) is 16.7 Å². The summed E-state index contributed by atoms with van der Waals surface area (Å²) in [6.07, 6.45) is 4.81. The normalized spacial score (nSPS) is 12.3. The lowest BCUT2D eigenvalue weighted by molar-refractivity contribution is -0.121. The van der Waals surface area contributed by atoms with E-state index in [0.29, 0.717) is 19.4 Å². The highest BCUT2D eigenvalue weighted by Gasteiger charge is 2.26. The number of thiophene rings is 1. The summed E-state index contributed by atoms with van der Waals surface area (Å²) in [5, 5.41) is 5.97. The van der Waals surface area contributed by atoms with Crippen LogP contribution in [0.2, 0.25) is 0 Å². The molecule has 0 aliphatic rings. The molecule has 30 heavy (non-hydrogen) atoms. The zero-order valence-corrected chi connectivity index (χ0v) is 20.1. The lowest BCUT2D eigenvalue weighted by Gasteiger charge is -2.30. The Morgan fingerprint density at radius 2 is 1.87 bits per heavy atom. The highest BCUT2D eigenvalue weighted by molar-refractivity contribution is 7.11. The minimum absolute atomic E-state index is 0.0308. The van der Waals surface area contributed by atoms with Crippen molar-refractivity contribution in [2.75, 3.05) is 6.61 Å². The van der Waals surface area contributed by atoms with Gasteiger partial charge in [0.1, 0.15) is 5.75 Å². The molecule has 164 valence electrons. The first kappa shape index (κ1) is 24.1. The molecular weight excluding hydrogens is 392 g/mol. The molecule has 0 saturated heterocycles. The van der Waals surface area contributed by atoms with Gasteiger partial charge < -0.3 is 4.74 Å². The van der Waals surface area contributed by atoms with E-state index in [1.165, 1.54) is 11.1 Å². The molecule has 1 N–H and O–H groups in total. The lowest BCUT2D eigenvalue weighted by Crippen LogP contribution is -2.21. The summed E-state index contributed by atoms with van der Waals surface area (Å²) < 4.78 is 6.12. The minimum atomic E-state index is -0.0967. The molecule has 2 aromatic rings. The molecule has 0 radical (unpaired) electrons. The molecule has 1 amide bonds. The summed E-state index contributed by atoms with van der Waals surface area (Å²) in [5.74, 6) is 0.828. The number of hydrogen-bond acceptors (Lipinski definition) is 4. The van der Waals surface area contributed by atoms with Crippen molar-refractivity contribution >= 4 is 23.5 Å². The highest BCUT2D eigenvalue weighted by atomic mass is 32.1. The Hall–Kier alpha value is -2.14. The van der Waals surface area contributed by atoms with E-state index in [9.17, 15) is 4.79 Å².